The Hall–Kier alpha value is -3.29. The van der Waals surface area contributed by atoms with Gasteiger partial charge in [-0.1, -0.05) is 20.4 Å². The molecule has 0 bridgehead atoms. The molecule has 2 heterocycles. The summed E-state index contributed by atoms with van der Waals surface area (Å²) in [6.07, 6.45) is -5.55. The van der Waals surface area contributed by atoms with Crippen LogP contribution in [0, 0.1) is 5.41 Å². The molecule has 1 fully saturated rings. The van der Waals surface area contributed by atoms with Crippen LogP contribution in [0.25, 0.3) is 22.3 Å². The second kappa shape index (κ2) is 9.64. The molecule has 0 saturated heterocycles. The molecule has 0 radical (unpaired) electrons. The molecule has 0 aliphatic heterocycles. The summed E-state index contributed by atoms with van der Waals surface area (Å²) >= 11 is 0. The van der Waals surface area contributed by atoms with Crippen LogP contribution in [0.4, 0.5) is 13.2 Å². The Kier molecular flexibility index (Phi) is 6.90. The number of aromatic nitrogens is 1. The molecule has 8 heteroatoms. The van der Waals surface area contributed by atoms with E-state index < -0.39 is 29.8 Å². The Labute approximate surface area is 208 Å². The predicted molar refractivity (Wildman–Crippen MR) is 131 cm³/mol. The number of ether oxygens (including phenoxy) is 2. The summed E-state index contributed by atoms with van der Waals surface area (Å²) in [5, 5.41) is 0.803. The van der Waals surface area contributed by atoms with Crippen LogP contribution in [0.3, 0.4) is 0 Å². The SMILES string of the molecule is C=C(C)C(=O)OC1CCC(Oc2ccc3cc(-c4ccc(CC)nc4CC)oc3c2)C1(C)C(F)(F)F. The quantitative estimate of drug-likeness (QED) is 0.253. The van der Waals surface area contributed by atoms with Gasteiger partial charge >= 0.3 is 12.1 Å². The molecule has 4 rings (SSSR count). The van der Waals surface area contributed by atoms with Crippen LogP contribution in [0.5, 0.6) is 5.75 Å². The van der Waals surface area contributed by atoms with E-state index in [-0.39, 0.29) is 24.2 Å². The highest BCUT2D eigenvalue weighted by molar-refractivity contribution is 5.87. The average Bonchev–Trinajstić information content (AvgIpc) is 3.40. The van der Waals surface area contributed by atoms with Crippen molar-refractivity contribution in [1.82, 2.24) is 4.98 Å². The molecule has 1 aliphatic carbocycles. The summed E-state index contributed by atoms with van der Waals surface area (Å²) in [7, 11) is 0. The van der Waals surface area contributed by atoms with E-state index in [0.717, 1.165) is 42.1 Å². The fourth-order valence-corrected chi connectivity index (χ4v) is 4.69. The third kappa shape index (κ3) is 4.61. The van der Waals surface area contributed by atoms with Crippen molar-refractivity contribution in [2.75, 3.05) is 0 Å². The topological polar surface area (TPSA) is 61.6 Å². The van der Waals surface area contributed by atoms with Gasteiger partial charge in [0.25, 0.3) is 0 Å². The zero-order valence-electron chi connectivity index (χ0n) is 20.9. The first kappa shape index (κ1) is 25.8. The van der Waals surface area contributed by atoms with E-state index in [2.05, 4.69) is 11.6 Å². The molecule has 192 valence electrons. The lowest BCUT2D eigenvalue weighted by Gasteiger charge is -2.37. The number of aryl methyl sites for hydroxylation is 2. The first-order valence-corrected chi connectivity index (χ1v) is 12.1. The maximum atomic E-state index is 14.3. The van der Waals surface area contributed by atoms with Gasteiger partial charge in [0.05, 0.1) is 5.69 Å². The zero-order chi connectivity index (χ0) is 26.3. The van der Waals surface area contributed by atoms with E-state index in [1.54, 1.807) is 18.2 Å². The Morgan fingerprint density at radius 3 is 2.50 bits per heavy atom. The van der Waals surface area contributed by atoms with E-state index in [0.29, 0.717) is 11.3 Å². The summed E-state index contributed by atoms with van der Waals surface area (Å²) in [4.78, 5) is 16.7. The van der Waals surface area contributed by atoms with Gasteiger partial charge in [-0.25, -0.2) is 4.79 Å². The normalized spacial score (nSPS) is 22.1. The lowest BCUT2D eigenvalue weighted by Crippen LogP contribution is -2.51. The first-order valence-electron chi connectivity index (χ1n) is 12.1. The highest BCUT2D eigenvalue weighted by atomic mass is 19.4. The molecule has 3 atom stereocenters. The van der Waals surface area contributed by atoms with E-state index >= 15 is 0 Å². The van der Waals surface area contributed by atoms with Crippen molar-refractivity contribution in [3.63, 3.8) is 0 Å². The summed E-state index contributed by atoms with van der Waals surface area (Å²) < 4.78 is 59.9. The highest BCUT2D eigenvalue weighted by Crippen LogP contribution is 2.53. The molecular formula is C28H30F3NO4. The number of carbonyl (C=O) groups excluding carboxylic acids is 1. The molecule has 3 unspecified atom stereocenters. The van der Waals surface area contributed by atoms with Crippen molar-refractivity contribution in [1.29, 1.82) is 0 Å². The Balaban J connectivity index is 1.62. The number of nitrogens with zero attached hydrogens (tertiary/aromatic N) is 1. The summed E-state index contributed by atoms with van der Waals surface area (Å²) in [6, 6.07) is 10.8. The number of carbonyl (C=O) groups is 1. The first-order chi connectivity index (χ1) is 17.0. The van der Waals surface area contributed by atoms with Gasteiger partial charge in [-0.05, 0) is 69.9 Å². The number of esters is 1. The van der Waals surface area contributed by atoms with Gasteiger partial charge in [-0.3, -0.25) is 4.98 Å². The van der Waals surface area contributed by atoms with Gasteiger partial charge in [0.15, 0.2) is 0 Å². The van der Waals surface area contributed by atoms with Gasteiger partial charge in [0.1, 0.15) is 34.7 Å². The number of fused-ring (bicyclic) bond motifs is 1. The lowest BCUT2D eigenvalue weighted by molar-refractivity contribution is -0.262. The van der Waals surface area contributed by atoms with Gasteiger partial charge in [0.2, 0.25) is 0 Å². The van der Waals surface area contributed by atoms with Crippen LogP contribution in [0.2, 0.25) is 0 Å². The van der Waals surface area contributed by atoms with E-state index in [9.17, 15) is 18.0 Å². The standard InChI is InChI=1S/C28H30F3NO4/c1-6-18-9-11-20(21(7-2)32-18)23-14-17-8-10-19(15-22(17)35-23)34-24-12-13-25(36-26(33)16(3)4)27(24,5)28(29,30)31/h8-11,14-15,24-25H,3,6-7,12-13H2,1-2,4-5H3. The molecule has 36 heavy (non-hydrogen) atoms. The third-order valence-corrected chi connectivity index (χ3v) is 7.00. The smallest absolute Gasteiger partial charge is 0.401 e. The number of hydrogen-bond donors (Lipinski definition) is 0. The minimum Gasteiger partial charge on any atom is -0.489 e. The van der Waals surface area contributed by atoms with Crippen molar-refractivity contribution >= 4 is 16.9 Å². The maximum Gasteiger partial charge on any atom is 0.401 e. The third-order valence-electron chi connectivity index (χ3n) is 7.00. The Morgan fingerprint density at radius 2 is 1.86 bits per heavy atom. The van der Waals surface area contributed by atoms with Gasteiger partial charge < -0.3 is 13.9 Å². The number of halogens is 3. The number of benzene rings is 1. The number of hydrogen-bond acceptors (Lipinski definition) is 5. The zero-order valence-corrected chi connectivity index (χ0v) is 20.9. The van der Waals surface area contributed by atoms with E-state index in [1.165, 1.54) is 6.92 Å². The Morgan fingerprint density at radius 1 is 1.14 bits per heavy atom. The fraction of sp³-hybridized carbons (Fsp3) is 0.429. The highest BCUT2D eigenvalue weighted by Gasteiger charge is 2.66. The summed E-state index contributed by atoms with van der Waals surface area (Å²) in [6.45, 7) is 9.99. The Bertz CT molecular complexity index is 1300. The van der Waals surface area contributed by atoms with Crippen LogP contribution in [-0.4, -0.2) is 29.3 Å². The van der Waals surface area contributed by atoms with Crippen molar-refractivity contribution in [2.24, 2.45) is 5.41 Å². The van der Waals surface area contributed by atoms with E-state index in [4.69, 9.17) is 13.9 Å². The maximum absolute atomic E-state index is 14.3. The van der Waals surface area contributed by atoms with E-state index in [1.807, 2.05) is 32.0 Å². The van der Waals surface area contributed by atoms with Gasteiger partial charge in [0, 0.05) is 28.3 Å². The van der Waals surface area contributed by atoms with Crippen molar-refractivity contribution in [2.45, 2.75) is 71.8 Å². The van der Waals surface area contributed by atoms with Crippen LogP contribution in [0.15, 0.2) is 53.0 Å². The number of furan rings is 1. The van der Waals surface area contributed by atoms with Crippen molar-refractivity contribution in [3.05, 3.63) is 59.9 Å². The van der Waals surface area contributed by atoms with Crippen LogP contribution in [-0.2, 0) is 22.4 Å². The number of pyridine rings is 1. The molecular weight excluding hydrogens is 471 g/mol. The molecule has 0 N–H and O–H groups in total. The molecule has 0 spiro atoms. The largest absolute Gasteiger partial charge is 0.489 e. The van der Waals surface area contributed by atoms with Gasteiger partial charge in [-0.2, -0.15) is 13.2 Å². The second-order valence-corrected chi connectivity index (χ2v) is 9.45. The second-order valence-electron chi connectivity index (χ2n) is 9.45. The fourth-order valence-electron chi connectivity index (χ4n) is 4.69. The van der Waals surface area contributed by atoms with Crippen LogP contribution >= 0.6 is 0 Å². The minimum absolute atomic E-state index is 0.0351. The monoisotopic (exact) mass is 501 g/mol. The molecule has 1 aliphatic rings. The summed E-state index contributed by atoms with van der Waals surface area (Å²) in [5.74, 6) is 0.0569. The van der Waals surface area contributed by atoms with Crippen LogP contribution < -0.4 is 4.74 Å². The molecule has 0 amide bonds. The number of alkyl halides is 3. The van der Waals surface area contributed by atoms with Gasteiger partial charge in [-0.15, -0.1) is 0 Å². The predicted octanol–water partition coefficient (Wildman–Crippen LogP) is 7.22. The van der Waals surface area contributed by atoms with Crippen molar-refractivity contribution in [3.8, 4) is 17.1 Å². The molecule has 1 aromatic carbocycles. The van der Waals surface area contributed by atoms with Crippen LogP contribution in [0.1, 0.15) is 51.9 Å². The molecule has 3 aromatic rings. The van der Waals surface area contributed by atoms with Crippen molar-refractivity contribution < 1.29 is 31.9 Å². The summed E-state index contributed by atoms with van der Waals surface area (Å²) in [5.41, 5.74) is 0.987. The molecule has 2 aromatic heterocycles. The number of rotatable bonds is 7. The molecule has 1 saturated carbocycles. The average molecular weight is 502 g/mol. The minimum atomic E-state index is -4.65. The lowest BCUT2D eigenvalue weighted by atomic mass is 9.83. The molecule has 5 nitrogen and oxygen atoms in total.